The van der Waals surface area contributed by atoms with Crippen LogP contribution in [-0.2, 0) is 4.74 Å². The molecule has 0 aromatic carbocycles. The van der Waals surface area contributed by atoms with Crippen LogP contribution in [0.25, 0.3) is 0 Å². The fourth-order valence-electron chi connectivity index (χ4n) is 3.60. The minimum absolute atomic E-state index is 0.189. The van der Waals surface area contributed by atoms with Gasteiger partial charge in [0.15, 0.2) is 0 Å². The molecule has 0 amide bonds. The molecule has 2 saturated heterocycles. The number of alkyl halides is 2. The van der Waals surface area contributed by atoms with Gasteiger partial charge in [0, 0.05) is 25.7 Å². The van der Waals surface area contributed by atoms with Crippen molar-refractivity contribution in [3.05, 3.63) is 0 Å². The normalized spacial score (nSPS) is 44.8. The summed E-state index contributed by atoms with van der Waals surface area (Å²) in [6, 6.07) is 0. The molecule has 4 heteroatoms. The smallest absolute Gasteiger partial charge is 0.259 e. The van der Waals surface area contributed by atoms with Gasteiger partial charge in [0.05, 0.1) is 5.41 Å². The molecule has 2 unspecified atom stereocenters. The number of halogens is 2. The number of hydrogen-bond donors (Lipinski definition) is 1. The second-order valence-electron chi connectivity index (χ2n) is 5.13. The van der Waals surface area contributed by atoms with Gasteiger partial charge in [-0.05, 0) is 31.7 Å². The maximum atomic E-state index is 13.9. The van der Waals surface area contributed by atoms with Gasteiger partial charge < -0.3 is 10.1 Å². The highest BCUT2D eigenvalue weighted by Crippen LogP contribution is 2.72. The Morgan fingerprint density at radius 3 is 2.53 bits per heavy atom. The van der Waals surface area contributed by atoms with Gasteiger partial charge >= 0.3 is 0 Å². The van der Waals surface area contributed by atoms with Crippen molar-refractivity contribution in [2.45, 2.75) is 25.2 Å². The lowest BCUT2D eigenvalue weighted by atomic mass is 9.88. The minimum atomic E-state index is -2.42. The van der Waals surface area contributed by atoms with Crippen LogP contribution in [0.4, 0.5) is 8.78 Å². The molecule has 2 heterocycles. The van der Waals surface area contributed by atoms with Crippen LogP contribution in [-0.4, -0.2) is 32.2 Å². The van der Waals surface area contributed by atoms with E-state index in [9.17, 15) is 8.78 Å². The lowest BCUT2D eigenvalue weighted by Crippen LogP contribution is -2.21. The quantitative estimate of drug-likeness (QED) is 0.721. The standard InChI is InChI=1S/C11H17F2NO/c12-11(13)9(8-1-5-15-6-2-8)10(11)3-4-14-7-10/h8-9,14H,1-7H2. The molecular formula is C11H17F2NO. The van der Waals surface area contributed by atoms with Gasteiger partial charge in [-0.1, -0.05) is 0 Å². The summed E-state index contributed by atoms with van der Waals surface area (Å²) >= 11 is 0. The first kappa shape index (κ1) is 9.97. The molecule has 3 rings (SSSR count). The number of ether oxygens (including phenoxy) is 1. The molecular weight excluding hydrogens is 200 g/mol. The lowest BCUT2D eigenvalue weighted by molar-refractivity contribution is 0.0267. The molecule has 3 fully saturated rings. The topological polar surface area (TPSA) is 21.3 Å². The van der Waals surface area contributed by atoms with Crippen LogP contribution in [0, 0.1) is 17.3 Å². The molecule has 1 spiro atoms. The third-order valence-corrected chi connectivity index (χ3v) is 4.49. The van der Waals surface area contributed by atoms with Crippen LogP contribution in [0.2, 0.25) is 0 Å². The highest BCUT2D eigenvalue weighted by molar-refractivity contribution is 5.22. The van der Waals surface area contributed by atoms with Crippen LogP contribution in [0.3, 0.4) is 0 Å². The van der Waals surface area contributed by atoms with Crippen molar-refractivity contribution in [2.24, 2.45) is 17.3 Å². The fourth-order valence-corrected chi connectivity index (χ4v) is 3.60. The van der Waals surface area contributed by atoms with E-state index in [4.69, 9.17) is 4.74 Å². The SMILES string of the molecule is FC1(F)C(C2CCOCC2)C12CCNC2. The maximum absolute atomic E-state index is 13.9. The Balaban J connectivity index is 1.76. The molecule has 1 saturated carbocycles. The highest BCUT2D eigenvalue weighted by atomic mass is 19.3. The predicted molar refractivity (Wildman–Crippen MR) is 51.9 cm³/mol. The Hall–Kier alpha value is -0.220. The minimum Gasteiger partial charge on any atom is -0.381 e. The molecule has 0 aromatic rings. The molecule has 15 heavy (non-hydrogen) atoms. The van der Waals surface area contributed by atoms with Crippen LogP contribution in [0.15, 0.2) is 0 Å². The first-order valence-corrected chi connectivity index (χ1v) is 5.85. The molecule has 86 valence electrons. The molecule has 0 aromatic heterocycles. The van der Waals surface area contributed by atoms with Crippen molar-refractivity contribution in [1.82, 2.24) is 5.32 Å². The van der Waals surface area contributed by atoms with E-state index in [0.29, 0.717) is 26.2 Å². The summed E-state index contributed by atoms with van der Waals surface area (Å²) in [5, 5.41) is 3.09. The van der Waals surface area contributed by atoms with Gasteiger partial charge in [-0.2, -0.15) is 0 Å². The summed E-state index contributed by atoms with van der Waals surface area (Å²) in [5.41, 5.74) is -0.686. The molecule has 0 bridgehead atoms. The van der Waals surface area contributed by atoms with Gasteiger partial charge in [-0.25, -0.2) is 8.78 Å². The zero-order valence-electron chi connectivity index (χ0n) is 8.77. The average Bonchev–Trinajstić information content (AvgIpc) is 2.60. The first-order chi connectivity index (χ1) is 7.18. The van der Waals surface area contributed by atoms with Crippen LogP contribution < -0.4 is 5.32 Å². The Bertz CT molecular complexity index is 257. The van der Waals surface area contributed by atoms with E-state index >= 15 is 0 Å². The number of hydrogen-bond acceptors (Lipinski definition) is 2. The molecule has 2 nitrogen and oxygen atoms in total. The van der Waals surface area contributed by atoms with Gasteiger partial charge in [-0.3, -0.25) is 0 Å². The van der Waals surface area contributed by atoms with Gasteiger partial charge in [0.2, 0.25) is 0 Å². The van der Waals surface area contributed by atoms with Crippen LogP contribution in [0.5, 0.6) is 0 Å². The van der Waals surface area contributed by atoms with Crippen molar-refractivity contribution < 1.29 is 13.5 Å². The van der Waals surface area contributed by atoms with E-state index in [0.717, 1.165) is 19.4 Å². The van der Waals surface area contributed by atoms with E-state index in [1.807, 2.05) is 0 Å². The number of rotatable bonds is 1. The van der Waals surface area contributed by atoms with E-state index in [2.05, 4.69) is 5.32 Å². The van der Waals surface area contributed by atoms with E-state index < -0.39 is 11.3 Å². The zero-order valence-corrected chi connectivity index (χ0v) is 8.77. The first-order valence-electron chi connectivity index (χ1n) is 5.85. The fraction of sp³-hybridized carbons (Fsp3) is 1.00. The Labute approximate surface area is 88.4 Å². The van der Waals surface area contributed by atoms with Gasteiger partial charge in [-0.15, -0.1) is 0 Å². The highest BCUT2D eigenvalue weighted by Gasteiger charge is 2.81. The van der Waals surface area contributed by atoms with E-state index in [-0.39, 0.29) is 11.8 Å². The third kappa shape index (κ3) is 1.21. The van der Waals surface area contributed by atoms with Crippen molar-refractivity contribution in [3.63, 3.8) is 0 Å². The second kappa shape index (κ2) is 3.14. The summed E-state index contributed by atoms with van der Waals surface area (Å²) in [6.07, 6.45) is 2.30. The monoisotopic (exact) mass is 217 g/mol. The van der Waals surface area contributed by atoms with Crippen molar-refractivity contribution in [2.75, 3.05) is 26.3 Å². The van der Waals surface area contributed by atoms with E-state index in [1.54, 1.807) is 0 Å². The van der Waals surface area contributed by atoms with Gasteiger partial charge in [0.1, 0.15) is 0 Å². The summed E-state index contributed by atoms with van der Waals surface area (Å²) in [5.74, 6) is -2.60. The van der Waals surface area contributed by atoms with Crippen LogP contribution in [0.1, 0.15) is 19.3 Å². The maximum Gasteiger partial charge on any atom is 0.259 e. The molecule has 2 atom stereocenters. The van der Waals surface area contributed by atoms with Crippen molar-refractivity contribution >= 4 is 0 Å². The molecule has 2 aliphatic heterocycles. The zero-order chi connectivity index (χ0) is 10.5. The van der Waals surface area contributed by atoms with Crippen molar-refractivity contribution in [1.29, 1.82) is 0 Å². The average molecular weight is 217 g/mol. The molecule has 1 N–H and O–H groups in total. The Kier molecular flexibility index (Phi) is 2.09. The number of nitrogens with one attached hydrogen (secondary N) is 1. The predicted octanol–water partition coefficient (Wildman–Crippen LogP) is 1.66. The Morgan fingerprint density at radius 2 is 1.93 bits per heavy atom. The summed E-state index contributed by atoms with van der Waals surface area (Å²) < 4.78 is 33.0. The van der Waals surface area contributed by atoms with Crippen LogP contribution >= 0.6 is 0 Å². The van der Waals surface area contributed by atoms with E-state index in [1.165, 1.54) is 0 Å². The Morgan fingerprint density at radius 1 is 1.20 bits per heavy atom. The van der Waals surface area contributed by atoms with Crippen molar-refractivity contribution in [3.8, 4) is 0 Å². The lowest BCUT2D eigenvalue weighted by Gasteiger charge is -2.22. The third-order valence-electron chi connectivity index (χ3n) is 4.49. The van der Waals surface area contributed by atoms with Gasteiger partial charge in [0.25, 0.3) is 5.92 Å². The largest absolute Gasteiger partial charge is 0.381 e. The second-order valence-corrected chi connectivity index (χ2v) is 5.13. The molecule has 1 aliphatic carbocycles. The summed E-state index contributed by atoms with van der Waals surface area (Å²) in [7, 11) is 0. The summed E-state index contributed by atoms with van der Waals surface area (Å²) in [6.45, 7) is 2.61. The molecule has 3 aliphatic rings. The summed E-state index contributed by atoms with van der Waals surface area (Å²) in [4.78, 5) is 0. The molecule has 0 radical (unpaired) electrons.